The molecule has 42 heavy (non-hydrogen) atoms. The van der Waals surface area contributed by atoms with Crippen LogP contribution in [-0.2, 0) is 32.0 Å². The van der Waals surface area contributed by atoms with Crippen molar-refractivity contribution in [2.75, 3.05) is 6.54 Å². The fourth-order valence-corrected chi connectivity index (χ4v) is 7.22. The van der Waals surface area contributed by atoms with Gasteiger partial charge in [0.25, 0.3) is 0 Å². The Morgan fingerprint density at radius 3 is 2.17 bits per heavy atom. The lowest BCUT2D eigenvalue weighted by molar-refractivity contribution is -0.149. The number of carboxylic acids is 1. The number of amides is 3. The van der Waals surface area contributed by atoms with Crippen LogP contribution in [0.25, 0.3) is 0 Å². The van der Waals surface area contributed by atoms with E-state index in [4.69, 9.17) is 5.73 Å². The first-order chi connectivity index (χ1) is 20.3. The minimum absolute atomic E-state index is 0.0513. The average molecular weight is 575 g/mol. The van der Waals surface area contributed by atoms with Crippen LogP contribution in [0.2, 0.25) is 0 Å². The highest BCUT2D eigenvalue weighted by Gasteiger charge is 2.51. The largest absolute Gasteiger partial charge is 0.481 e. The Morgan fingerprint density at radius 1 is 0.857 bits per heavy atom. The summed E-state index contributed by atoms with van der Waals surface area (Å²) >= 11 is 0. The van der Waals surface area contributed by atoms with Crippen molar-refractivity contribution in [3.05, 3.63) is 71.8 Å². The number of aliphatic carboxylic acids is 1. The van der Waals surface area contributed by atoms with Gasteiger partial charge < -0.3 is 26.0 Å². The van der Waals surface area contributed by atoms with E-state index < -0.39 is 30.1 Å². The smallest absolute Gasteiger partial charge is 0.305 e. The minimum Gasteiger partial charge on any atom is -0.481 e. The van der Waals surface area contributed by atoms with E-state index in [1.165, 1.54) is 0 Å². The molecular formula is C33H42N4O5. The highest BCUT2D eigenvalue weighted by Crippen LogP contribution is 2.41. The van der Waals surface area contributed by atoms with E-state index in [-0.39, 0.29) is 36.1 Å². The zero-order valence-electron chi connectivity index (χ0n) is 24.1. The van der Waals surface area contributed by atoms with Gasteiger partial charge in [-0.15, -0.1) is 0 Å². The Morgan fingerprint density at radius 2 is 1.50 bits per heavy atom. The van der Waals surface area contributed by atoms with Crippen molar-refractivity contribution in [1.29, 1.82) is 0 Å². The number of fused-ring (bicyclic) bond motifs is 1. The highest BCUT2D eigenvalue weighted by atomic mass is 16.4. The van der Waals surface area contributed by atoms with Crippen LogP contribution in [0, 0.1) is 5.92 Å². The third kappa shape index (κ3) is 6.84. The van der Waals surface area contributed by atoms with Crippen LogP contribution in [-0.4, -0.2) is 75.4 Å². The fraction of sp³-hybridized carbons (Fsp3) is 0.515. The second kappa shape index (κ2) is 13.5. The van der Waals surface area contributed by atoms with E-state index in [1.807, 2.05) is 60.7 Å². The summed E-state index contributed by atoms with van der Waals surface area (Å²) in [6.45, 7) is 0.467. The number of nitrogens with one attached hydrogen (secondary N) is 1. The SMILES string of the molecule is N[C@@H](Cc1ccccc1)C(=O)N1CCC[C@H]1C(=O)N1[C@H](C(=O)N[C@H](CC(=O)O)Cc2ccccc2)C[C@@H]2CCCC[C@@H]21. The van der Waals surface area contributed by atoms with Gasteiger partial charge in [-0.2, -0.15) is 0 Å². The van der Waals surface area contributed by atoms with Gasteiger partial charge in [-0.3, -0.25) is 19.2 Å². The van der Waals surface area contributed by atoms with E-state index in [1.54, 1.807) is 9.80 Å². The number of benzene rings is 2. The molecule has 0 radical (unpaired) electrons. The molecule has 2 aromatic carbocycles. The number of nitrogens with zero attached hydrogens (tertiary/aromatic N) is 2. The number of nitrogens with two attached hydrogens (primary N) is 1. The van der Waals surface area contributed by atoms with Crippen molar-refractivity contribution in [3.63, 3.8) is 0 Å². The van der Waals surface area contributed by atoms with Gasteiger partial charge in [-0.25, -0.2) is 0 Å². The fourth-order valence-electron chi connectivity index (χ4n) is 7.22. The van der Waals surface area contributed by atoms with Gasteiger partial charge in [0, 0.05) is 18.6 Å². The normalized spacial score (nSPS) is 25.0. The molecule has 3 fully saturated rings. The highest BCUT2D eigenvalue weighted by molar-refractivity contribution is 5.94. The van der Waals surface area contributed by atoms with Crippen molar-refractivity contribution in [2.45, 2.75) is 94.4 Å². The first-order valence-electron chi connectivity index (χ1n) is 15.3. The lowest BCUT2D eigenvalue weighted by Gasteiger charge is -2.37. The average Bonchev–Trinajstić information content (AvgIpc) is 3.63. The molecule has 6 atom stereocenters. The van der Waals surface area contributed by atoms with Crippen molar-refractivity contribution in [2.24, 2.45) is 11.7 Å². The summed E-state index contributed by atoms with van der Waals surface area (Å²) in [5, 5.41) is 12.5. The molecule has 0 spiro atoms. The molecule has 5 rings (SSSR count). The zero-order chi connectivity index (χ0) is 29.6. The Kier molecular flexibility index (Phi) is 9.57. The molecule has 2 aliphatic heterocycles. The molecule has 9 nitrogen and oxygen atoms in total. The molecule has 224 valence electrons. The maximum Gasteiger partial charge on any atom is 0.305 e. The number of hydrogen-bond donors (Lipinski definition) is 3. The lowest BCUT2D eigenvalue weighted by Crippen LogP contribution is -2.58. The summed E-state index contributed by atoms with van der Waals surface area (Å²) in [6.07, 6.45) is 6.21. The first kappa shape index (κ1) is 29.8. The van der Waals surface area contributed by atoms with Crippen LogP contribution in [0.3, 0.4) is 0 Å². The van der Waals surface area contributed by atoms with Crippen LogP contribution < -0.4 is 11.1 Å². The second-order valence-electron chi connectivity index (χ2n) is 12.1. The molecule has 4 N–H and O–H groups in total. The van der Waals surface area contributed by atoms with Gasteiger partial charge in [0.2, 0.25) is 17.7 Å². The monoisotopic (exact) mass is 574 g/mol. The Balaban J connectivity index is 1.33. The Hall–Kier alpha value is -3.72. The van der Waals surface area contributed by atoms with Crippen molar-refractivity contribution >= 4 is 23.7 Å². The zero-order valence-corrected chi connectivity index (χ0v) is 24.1. The second-order valence-corrected chi connectivity index (χ2v) is 12.1. The molecular weight excluding hydrogens is 532 g/mol. The van der Waals surface area contributed by atoms with Gasteiger partial charge >= 0.3 is 5.97 Å². The molecule has 1 saturated carbocycles. The van der Waals surface area contributed by atoms with Gasteiger partial charge in [0.1, 0.15) is 12.1 Å². The van der Waals surface area contributed by atoms with E-state index >= 15 is 0 Å². The molecule has 2 aromatic rings. The molecule has 9 heteroatoms. The number of carbonyl (C=O) groups is 4. The summed E-state index contributed by atoms with van der Waals surface area (Å²) in [6, 6.07) is 16.4. The maximum atomic E-state index is 14.3. The van der Waals surface area contributed by atoms with E-state index in [0.717, 1.165) is 36.8 Å². The summed E-state index contributed by atoms with van der Waals surface area (Å²) in [5.41, 5.74) is 8.26. The maximum absolute atomic E-state index is 14.3. The molecule has 0 bridgehead atoms. The Bertz CT molecular complexity index is 1260. The van der Waals surface area contributed by atoms with Crippen molar-refractivity contribution in [3.8, 4) is 0 Å². The van der Waals surface area contributed by atoms with Crippen LogP contribution in [0.15, 0.2) is 60.7 Å². The number of hydrogen-bond acceptors (Lipinski definition) is 5. The van der Waals surface area contributed by atoms with Gasteiger partial charge in [-0.1, -0.05) is 73.5 Å². The van der Waals surface area contributed by atoms with E-state index in [0.29, 0.717) is 38.6 Å². The number of rotatable bonds is 10. The number of carboxylic acid groups (broad SMARTS) is 1. The molecule has 0 aromatic heterocycles. The molecule has 3 amide bonds. The van der Waals surface area contributed by atoms with Crippen molar-refractivity contribution < 1.29 is 24.3 Å². The van der Waals surface area contributed by atoms with Crippen LogP contribution in [0.1, 0.15) is 62.5 Å². The standard InChI is InChI=1S/C33H42N4O5/c34-26(19-23-12-5-2-6-13-23)32(41)36-17-9-16-28(36)33(42)37-27-15-8-7-14-24(27)20-29(37)31(40)35-25(21-30(38)39)18-22-10-3-1-4-11-22/h1-6,10-13,24-29H,7-9,14-21,34H2,(H,35,40)(H,38,39)/t24-,25-,26-,27-,28-,29-/m0/s1. The Labute approximate surface area is 247 Å². The van der Waals surface area contributed by atoms with Crippen LogP contribution in [0.5, 0.6) is 0 Å². The number of carbonyl (C=O) groups excluding carboxylic acids is 3. The van der Waals surface area contributed by atoms with Crippen LogP contribution >= 0.6 is 0 Å². The predicted molar refractivity (Wildman–Crippen MR) is 158 cm³/mol. The summed E-state index contributed by atoms with van der Waals surface area (Å²) in [5.74, 6) is -1.50. The topological polar surface area (TPSA) is 133 Å². The van der Waals surface area contributed by atoms with E-state index in [9.17, 15) is 24.3 Å². The quantitative estimate of drug-likeness (QED) is 0.400. The summed E-state index contributed by atoms with van der Waals surface area (Å²) < 4.78 is 0. The minimum atomic E-state index is -0.990. The van der Waals surface area contributed by atoms with E-state index in [2.05, 4.69) is 5.32 Å². The first-order valence-corrected chi connectivity index (χ1v) is 15.3. The van der Waals surface area contributed by atoms with Gasteiger partial charge in [-0.05, 0) is 62.0 Å². The molecule has 0 unspecified atom stereocenters. The van der Waals surface area contributed by atoms with Gasteiger partial charge in [0.05, 0.1) is 12.5 Å². The third-order valence-corrected chi connectivity index (χ3v) is 9.17. The summed E-state index contributed by atoms with van der Waals surface area (Å²) in [7, 11) is 0. The number of likely N-dealkylation sites (tertiary alicyclic amines) is 2. The lowest BCUT2D eigenvalue weighted by atomic mass is 9.84. The molecule has 1 aliphatic carbocycles. The predicted octanol–water partition coefficient (Wildman–Crippen LogP) is 2.91. The molecule has 2 heterocycles. The molecule has 2 saturated heterocycles. The third-order valence-electron chi connectivity index (χ3n) is 9.17. The summed E-state index contributed by atoms with van der Waals surface area (Å²) in [4.78, 5) is 56.7. The van der Waals surface area contributed by atoms with Gasteiger partial charge in [0.15, 0.2) is 0 Å². The molecule has 3 aliphatic rings. The van der Waals surface area contributed by atoms with Crippen LogP contribution in [0.4, 0.5) is 0 Å². The van der Waals surface area contributed by atoms with Crippen molar-refractivity contribution in [1.82, 2.24) is 15.1 Å².